The lowest BCUT2D eigenvalue weighted by molar-refractivity contribution is 0.253. The predicted octanol–water partition coefficient (Wildman–Crippen LogP) is 2.26. The maximum absolute atomic E-state index is 5.22. The molecule has 0 N–H and O–H groups in total. The van der Waals surface area contributed by atoms with Gasteiger partial charge in [0.25, 0.3) is 0 Å². The van der Waals surface area contributed by atoms with Crippen LogP contribution in [0.15, 0.2) is 37.9 Å². The Bertz CT molecular complexity index is 671. The lowest BCUT2D eigenvalue weighted by Crippen LogP contribution is -2.17. The zero-order chi connectivity index (χ0) is 13.9. The van der Waals surface area contributed by atoms with Crippen LogP contribution < -0.4 is 0 Å². The highest BCUT2D eigenvalue weighted by atomic mass is 16.5. The Morgan fingerprint density at radius 1 is 1.20 bits per heavy atom. The lowest BCUT2D eigenvalue weighted by Gasteiger charge is -2.11. The van der Waals surface area contributed by atoms with Crippen LogP contribution in [0, 0.1) is 6.92 Å². The van der Waals surface area contributed by atoms with Crippen molar-refractivity contribution in [3.63, 3.8) is 0 Å². The topological polar surface area (TPSA) is 81.3 Å². The standard InChI is InChI=1S/C13H14N4O3/c1-9-6-10(15-19-9)7-17(2)8-12-14-13(16-20-12)11-4-3-5-18-11/h3-6H,7-8H2,1-2H3. The molecule has 0 unspecified atom stereocenters. The summed E-state index contributed by atoms with van der Waals surface area (Å²) in [5, 5.41) is 7.83. The molecule has 3 rings (SSSR count). The Kier molecular flexibility index (Phi) is 3.34. The molecule has 104 valence electrons. The van der Waals surface area contributed by atoms with Crippen molar-refractivity contribution in [3.8, 4) is 11.6 Å². The first-order valence-corrected chi connectivity index (χ1v) is 6.18. The number of rotatable bonds is 5. The van der Waals surface area contributed by atoms with Crippen LogP contribution in [0.4, 0.5) is 0 Å². The largest absolute Gasteiger partial charge is 0.461 e. The molecule has 0 aliphatic carbocycles. The van der Waals surface area contributed by atoms with Crippen molar-refractivity contribution in [2.45, 2.75) is 20.0 Å². The van der Waals surface area contributed by atoms with Gasteiger partial charge in [0, 0.05) is 12.6 Å². The van der Waals surface area contributed by atoms with E-state index in [1.165, 1.54) is 0 Å². The van der Waals surface area contributed by atoms with Gasteiger partial charge in [-0.3, -0.25) is 4.90 Å². The van der Waals surface area contributed by atoms with Crippen LogP contribution >= 0.6 is 0 Å². The molecule has 0 aliphatic rings. The predicted molar refractivity (Wildman–Crippen MR) is 68.4 cm³/mol. The minimum absolute atomic E-state index is 0.454. The summed E-state index contributed by atoms with van der Waals surface area (Å²) in [6.07, 6.45) is 1.57. The van der Waals surface area contributed by atoms with Gasteiger partial charge in [-0.25, -0.2) is 0 Å². The summed E-state index contributed by atoms with van der Waals surface area (Å²) in [6.45, 7) is 3.04. The van der Waals surface area contributed by atoms with Crippen molar-refractivity contribution in [3.05, 3.63) is 41.8 Å². The van der Waals surface area contributed by atoms with E-state index < -0.39 is 0 Å². The Morgan fingerprint density at radius 3 is 2.80 bits per heavy atom. The molecule has 0 saturated carbocycles. The van der Waals surface area contributed by atoms with Crippen LogP contribution in [0.25, 0.3) is 11.6 Å². The summed E-state index contributed by atoms with van der Waals surface area (Å²) in [6, 6.07) is 5.47. The van der Waals surface area contributed by atoms with Crippen molar-refractivity contribution in [2.24, 2.45) is 0 Å². The molecule has 0 fully saturated rings. The molecule has 0 bridgehead atoms. The van der Waals surface area contributed by atoms with E-state index in [4.69, 9.17) is 13.5 Å². The first kappa shape index (κ1) is 12.6. The van der Waals surface area contributed by atoms with Crippen molar-refractivity contribution < 1.29 is 13.5 Å². The summed E-state index contributed by atoms with van der Waals surface area (Å²) in [7, 11) is 1.95. The number of nitrogens with zero attached hydrogens (tertiary/aromatic N) is 4. The van der Waals surface area contributed by atoms with Gasteiger partial charge in [0.1, 0.15) is 5.76 Å². The first-order chi connectivity index (χ1) is 9.70. The molecule has 3 heterocycles. The van der Waals surface area contributed by atoms with E-state index in [2.05, 4.69) is 15.3 Å². The second-order valence-electron chi connectivity index (χ2n) is 4.59. The zero-order valence-electron chi connectivity index (χ0n) is 11.2. The van der Waals surface area contributed by atoms with E-state index in [9.17, 15) is 0 Å². The highest BCUT2D eigenvalue weighted by Crippen LogP contribution is 2.16. The fraction of sp³-hybridized carbons (Fsp3) is 0.308. The molecule has 0 atom stereocenters. The number of hydrogen-bond donors (Lipinski definition) is 0. The summed E-state index contributed by atoms with van der Waals surface area (Å²) in [5.74, 6) is 2.37. The first-order valence-electron chi connectivity index (χ1n) is 6.18. The molecule has 0 radical (unpaired) electrons. The third-order valence-electron chi connectivity index (χ3n) is 2.72. The minimum atomic E-state index is 0.454. The number of furan rings is 1. The average molecular weight is 274 g/mol. The maximum Gasteiger partial charge on any atom is 0.241 e. The van der Waals surface area contributed by atoms with Crippen LogP contribution in [-0.2, 0) is 13.1 Å². The third-order valence-corrected chi connectivity index (χ3v) is 2.72. The van der Waals surface area contributed by atoms with E-state index in [-0.39, 0.29) is 0 Å². The molecular formula is C13H14N4O3. The van der Waals surface area contributed by atoms with Gasteiger partial charge in [0.05, 0.1) is 18.5 Å². The van der Waals surface area contributed by atoms with E-state index in [1.54, 1.807) is 18.4 Å². The Labute approximate surface area is 115 Å². The SMILES string of the molecule is Cc1cc(CN(C)Cc2nc(-c3ccco3)no2)no1. The molecule has 7 heteroatoms. The average Bonchev–Trinajstić information content (AvgIpc) is 3.10. The van der Waals surface area contributed by atoms with Gasteiger partial charge in [0.2, 0.25) is 11.7 Å². The van der Waals surface area contributed by atoms with Crippen LogP contribution in [0.3, 0.4) is 0 Å². The molecule has 0 amide bonds. The smallest absolute Gasteiger partial charge is 0.241 e. The fourth-order valence-electron chi connectivity index (χ4n) is 1.88. The normalized spacial score (nSPS) is 11.3. The van der Waals surface area contributed by atoms with E-state index in [1.807, 2.05) is 24.9 Å². The van der Waals surface area contributed by atoms with Crippen molar-refractivity contribution in [1.82, 2.24) is 20.2 Å². The van der Waals surface area contributed by atoms with Crippen molar-refractivity contribution >= 4 is 0 Å². The Balaban J connectivity index is 1.63. The molecule has 3 aromatic rings. The molecule has 3 aromatic heterocycles. The highest BCUT2D eigenvalue weighted by Gasteiger charge is 2.13. The van der Waals surface area contributed by atoms with E-state index >= 15 is 0 Å². The summed E-state index contributed by atoms with van der Waals surface area (Å²) >= 11 is 0. The van der Waals surface area contributed by atoms with E-state index in [0.29, 0.717) is 30.6 Å². The zero-order valence-corrected chi connectivity index (χ0v) is 11.2. The van der Waals surface area contributed by atoms with Crippen LogP contribution in [0.2, 0.25) is 0 Å². The molecule has 0 spiro atoms. The maximum atomic E-state index is 5.22. The minimum Gasteiger partial charge on any atom is -0.461 e. The van der Waals surface area contributed by atoms with Crippen LogP contribution in [0.5, 0.6) is 0 Å². The highest BCUT2D eigenvalue weighted by molar-refractivity contribution is 5.44. The fourth-order valence-corrected chi connectivity index (χ4v) is 1.88. The van der Waals surface area contributed by atoms with Crippen molar-refractivity contribution in [1.29, 1.82) is 0 Å². The van der Waals surface area contributed by atoms with Gasteiger partial charge in [-0.1, -0.05) is 10.3 Å². The van der Waals surface area contributed by atoms with Gasteiger partial charge < -0.3 is 13.5 Å². The summed E-state index contributed by atoms with van der Waals surface area (Å²) in [5.41, 5.74) is 0.871. The Morgan fingerprint density at radius 2 is 2.10 bits per heavy atom. The summed E-state index contributed by atoms with van der Waals surface area (Å²) in [4.78, 5) is 6.29. The number of aryl methyl sites for hydroxylation is 1. The second-order valence-corrected chi connectivity index (χ2v) is 4.59. The molecule has 7 nitrogen and oxygen atoms in total. The van der Waals surface area contributed by atoms with Gasteiger partial charge in [-0.15, -0.1) is 0 Å². The van der Waals surface area contributed by atoms with E-state index in [0.717, 1.165) is 11.5 Å². The second kappa shape index (κ2) is 5.30. The number of hydrogen-bond acceptors (Lipinski definition) is 7. The van der Waals surface area contributed by atoms with Crippen LogP contribution in [-0.4, -0.2) is 27.2 Å². The molecular weight excluding hydrogens is 260 g/mol. The molecule has 0 aromatic carbocycles. The van der Waals surface area contributed by atoms with Gasteiger partial charge in [-0.2, -0.15) is 4.98 Å². The monoisotopic (exact) mass is 274 g/mol. The van der Waals surface area contributed by atoms with Crippen molar-refractivity contribution in [2.75, 3.05) is 7.05 Å². The van der Waals surface area contributed by atoms with Gasteiger partial charge in [-0.05, 0) is 26.1 Å². The van der Waals surface area contributed by atoms with Crippen LogP contribution in [0.1, 0.15) is 17.3 Å². The Hall–Kier alpha value is -2.41. The number of aromatic nitrogens is 3. The summed E-state index contributed by atoms with van der Waals surface area (Å²) < 4.78 is 15.4. The molecule has 20 heavy (non-hydrogen) atoms. The third kappa shape index (κ3) is 2.77. The van der Waals surface area contributed by atoms with Gasteiger partial charge in [0.15, 0.2) is 5.76 Å². The molecule has 0 aliphatic heterocycles. The quantitative estimate of drug-likeness (QED) is 0.705. The molecule has 0 saturated heterocycles. The lowest BCUT2D eigenvalue weighted by atomic mass is 10.3. The van der Waals surface area contributed by atoms with Gasteiger partial charge >= 0.3 is 0 Å².